The highest BCUT2D eigenvalue weighted by Gasteiger charge is 2.33. The molecule has 2 fully saturated rings. The molecule has 1 N–H and O–H groups in total. The Kier molecular flexibility index (Phi) is 6.11. The number of anilines is 1. The van der Waals surface area contributed by atoms with E-state index in [1.54, 1.807) is 13.3 Å². The van der Waals surface area contributed by atoms with Crippen LogP contribution in [0.25, 0.3) is 0 Å². The van der Waals surface area contributed by atoms with Crippen molar-refractivity contribution in [3.8, 4) is 11.9 Å². The number of rotatable bonds is 5. The highest BCUT2D eigenvalue weighted by molar-refractivity contribution is 5.63. The van der Waals surface area contributed by atoms with Crippen LogP contribution in [0.15, 0.2) is 12.3 Å². The van der Waals surface area contributed by atoms with Crippen LogP contribution >= 0.6 is 0 Å². The number of piperazine rings is 1. The molecular weight excluding hydrogens is 316 g/mol. The standard InChI is InChI=1S/C19H28N4O2/c1-25-19-17(13-20)18(7-9-21-19)22-10-11-23(16(14-22)8-12-24)15-5-3-2-4-6-15/h7,9,15-16,24H,2-6,8,10-12,14H2,1H3/t16-/m0/s1. The summed E-state index contributed by atoms with van der Waals surface area (Å²) in [6.07, 6.45) is 9.00. The molecule has 6 heteroatoms. The van der Waals surface area contributed by atoms with E-state index in [1.807, 2.05) is 6.07 Å². The van der Waals surface area contributed by atoms with E-state index in [0.29, 0.717) is 23.5 Å². The van der Waals surface area contributed by atoms with Gasteiger partial charge in [-0.15, -0.1) is 0 Å². The first kappa shape index (κ1) is 18.0. The average molecular weight is 344 g/mol. The summed E-state index contributed by atoms with van der Waals surface area (Å²) in [6.45, 7) is 2.90. The molecule has 2 aliphatic rings. The van der Waals surface area contributed by atoms with E-state index in [9.17, 15) is 10.4 Å². The second-order valence-electron chi connectivity index (χ2n) is 6.97. The second kappa shape index (κ2) is 8.50. The smallest absolute Gasteiger partial charge is 0.233 e. The fourth-order valence-corrected chi connectivity index (χ4v) is 4.34. The highest BCUT2D eigenvalue weighted by atomic mass is 16.5. The molecule has 1 atom stereocenters. The third-order valence-electron chi connectivity index (χ3n) is 5.57. The number of aliphatic hydroxyl groups is 1. The second-order valence-corrected chi connectivity index (χ2v) is 6.97. The third-order valence-corrected chi connectivity index (χ3v) is 5.57. The van der Waals surface area contributed by atoms with Gasteiger partial charge >= 0.3 is 0 Å². The minimum atomic E-state index is 0.201. The van der Waals surface area contributed by atoms with Crippen LogP contribution in [-0.4, -0.2) is 60.4 Å². The molecule has 25 heavy (non-hydrogen) atoms. The van der Waals surface area contributed by atoms with Gasteiger partial charge in [0.25, 0.3) is 0 Å². The molecule has 0 spiro atoms. The maximum atomic E-state index is 9.55. The van der Waals surface area contributed by atoms with Gasteiger partial charge in [-0.2, -0.15) is 5.26 Å². The van der Waals surface area contributed by atoms with Gasteiger partial charge in [0, 0.05) is 44.5 Å². The predicted molar refractivity (Wildman–Crippen MR) is 96.8 cm³/mol. The van der Waals surface area contributed by atoms with E-state index in [1.165, 1.54) is 32.1 Å². The van der Waals surface area contributed by atoms with Crippen molar-refractivity contribution in [1.82, 2.24) is 9.88 Å². The van der Waals surface area contributed by atoms with E-state index in [0.717, 1.165) is 31.7 Å². The molecule has 0 bridgehead atoms. The Hall–Kier alpha value is -1.84. The van der Waals surface area contributed by atoms with Gasteiger partial charge < -0.3 is 14.7 Å². The zero-order valence-corrected chi connectivity index (χ0v) is 15.0. The first-order chi connectivity index (χ1) is 12.3. The first-order valence-electron chi connectivity index (χ1n) is 9.33. The van der Waals surface area contributed by atoms with Crippen LogP contribution in [0.1, 0.15) is 44.1 Å². The van der Waals surface area contributed by atoms with Crippen LogP contribution in [0.2, 0.25) is 0 Å². The van der Waals surface area contributed by atoms with Crippen LogP contribution in [0, 0.1) is 11.3 Å². The van der Waals surface area contributed by atoms with Crippen LogP contribution in [-0.2, 0) is 0 Å². The predicted octanol–water partition coefficient (Wildman–Crippen LogP) is 2.17. The van der Waals surface area contributed by atoms with Crippen LogP contribution in [0.3, 0.4) is 0 Å². The number of ether oxygens (including phenoxy) is 1. The summed E-state index contributed by atoms with van der Waals surface area (Å²) >= 11 is 0. The van der Waals surface area contributed by atoms with Crippen molar-refractivity contribution in [3.63, 3.8) is 0 Å². The highest BCUT2D eigenvalue weighted by Crippen LogP contribution is 2.31. The summed E-state index contributed by atoms with van der Waals surface area (Å²) in [4.78, 5) is 9.01. The lowest BCUT2D eigenvalue weighted by atomic mass is 9.91. The molecular formula is C19H28N4O2. The largest absolute Gasteiger partial charge is 0.480 e. The molecule has 1 aromatic rings. The summed E-state index contributed by atoms with van der Waals surface area (Å²) in [5.41, 5.74) is 1.39. The van der Waals surface area contributed by atoms with Crippen molar-refractivity contribution < 1.29 is 9.84 Å². The van der Waals surface area contributed by atoms with Gasteiger partial charge in [0.05, 0.1) is 12.8 Å². The van der Waals surface area contributed by atoms with E-state index in [4.69, 9.17) is 4.74 Å². The summed E-state index contributed by atoms with van der Waals surface area (Å²) in [5.74, 6) is 0.383. The Morgan fingerprint density at radius 3 is 2.80 bits per heavy atom. The lowest BCUT2D eigenvalue weighted by Gasteiger charge is -2.47. The van der Waals surface area contributed by atoms with Crippen molar-refractivity contribution in [2.75, 3.05) is 38.3 Å². The van der Waals surface area contributed by atoms with Gasteiger partial charge in [-0.25, -0.2) is 4.98 Å². The number of nitriles is 1. The van der Waals surface area contributed by atoms with E-state index < -0.39 is 0 Å². The van der Waals surface area contributed by atoms with Crippen molar-refractivity contribution in [2.24, 2.45) is 0 Å². The number of aromatic nitrogens is 1. The van der Waals surface area contributed by atoms with Crippen LogP contribution in [0.4, 0.5) is 5.69 Å². The summed E-state index contributed by atoms with van der Waals surface area (Å²) < 4.78 is 5.25. The maximum absolute atomic E-state index is 9.55. The van der Waals surface area contributed by atoms with Crippen LogP contribution in [0.5, 0.6) is 5.88 Å². The Bertz CT molecular complexity index is 610. The Labute approximate surface area is 150 Å². The fourth-order valence-electron chi connectivity index (χ4n) is 4.34. The van der Waals surface area contributed by atoms with Gasteiger partial charge in [0.15, 0.2) is 0 Å². The lowest BCUT2D eigenvalue weighted by Crippen LogP contribution is -2.57. The van der Waals surface area contributed by atoms with E-state index >= 15 is 0 Å². The molecule has 0 amide bonds. The van der Waals surface area contributed by atoms with Crippen LogP contribution < -0.4 is 9.64 Å². The number of pyridine rings is 1. The topological polar surface area (TPSA) is 72.6 Å². The minimum absolute atomic E-state index is 0.201. The average Bonchev–Trinajstić information content (AvgIpc) is 2.68. The Morgan fingerprint density at radius 1 is 1.32 bits per heavy atom. The number of hydrogen-bond donors (Lipinski definition) is 1. The quantitative estimate of drug-likeness (QED) is 0.882. The van der Waals surface area contributed by atoms with Crippen molar-refractivity contribution in [2.45, 2.75) is 50.6 Å². The zero-order chi connectivity index (χ0) is 17.6. The number of nitrogens with zero attached hydrogens (tertiary/aromatic N) is 4. The summed E-state index contributed by atoms with van der Waals surface area (Å²) in [7, 11) is 1.54. The lowest BCUT2D eigenvalue weighted by molar-refractivity contribution is 0.0758. The molecule has 1 aliphatic carbocycles. The molecule has 6 nitrogen and oxygen atoms in total. The molecule has 136 valence electrons. The van der Waals surface area contributed by atoms with Crippen molar-refractivity contribution in [1.29, 1.82) is 5.26 Å². The SMILES string of the molecule is COc1nccc(N2CCN(C3CCCCC3)[C@@H](CCO)C2)c1C#N. The number of methoxy groups -OCH3 is 1. The Balaban J connectivity index is 1.79. The number of aliphatic hydroxyl groups excluding tert-OH is 1. The van der Waals surface area contributed by atoms with Crippen molar-refractivity contribution in [3.05, 3.63) is 17.8 Å². The summed E-state index contributed by atoms with van der Waals surface area (Å²) in [6, 6.07) is 5.11. The molecule has 1 aliphatic heterocycles. The van der Waals surface area contributed by atoms with Gasteiger partial charge in [0.1, 0.15) is 11.6 Å². The van der Waals surface area contributed by atoms with E-state index in [2.05, 4.69) is 20.9 Å². The molecule has 3 rings (SSSR count). The minimum Gasteiger partial charge on any atom is -0.480 e. The van der Waals surface area contributed by atoms with Gasteiger partial charge in [-0.05, 0) is 25.3 Å². The third kappa shape index (κ3) is 3.88. The maximum Gasteiger partial charge on any atom is 0.233 e. The van der Waals surface area contributed by atoms with E-state index in [-0.39, 0.29) is 6.61 Å². The molecule has 0 aromatic carbocycles. The fraction of sp³-hybridized carbons (Fsp3) is 0.684. The molecule has 0 radical (unpaired) electrons. The monoisotopic (exact) mass is 344 g/mol. The molecule has 0 unspecified atom stereocenters. The zero-order valence-electron chi connectivity index (χ0n) is 15.0. The van der Waals surface area contributed by atoms with Gasteiger partial charge in [-0.3, -0.25) is 4.90 Å². The summed E-state index contributed by atoms with van der Waals surface area (Å²) in [5, 5.41) is 19.1. The van der Waals surface area contributed by atoms with Crippen molar-refractivity contribution >= 4 is 5.69 Å². The molecule has 2 heterocycles. The molecule has 1 saturated heterocycles. The Morgan fingerprint density at radius 2 is 2.12 bits per heavy atom. The van der Waals surface area contributed by atoms with Gasteiger partial charge in [-0.1, -0.05) is 19.3 Å². The number of hydrogen-bond acceptors (Lipinski definition) is 6. The molecule has 1 aromatic heterocycles. The van der Waals surface area contributed by atoms with Gasteiger partial charge in [0.2, 0.25) is 5.88 Å². The molecule has 1 saturated carbocycles. The normalized spacial score (nSPS) is 22.6. The first-order valence-corrected chi connectivity index (χ1v) is 9.33.